The highest BCUT2D eigenvalue weighted by Crippen LogP contribution is 2.23. The van der Waals surface area contributed by atoms with Gasteiger partial charge in [0.1, 0.15) is 5.75 Å². The van der Waals surface area contributed by atoms with Crippen molar-refractivity contribution in [2.75, 3.05) is 7.11 Å². The van der Waals surface area contributed by atoms with Crippen molar-refractivity contribution >= 4 is 21.8 Å². The maximum atomic E-state index is 11.9. The molecule has 16 heavy (non-hydrogen) atoms. The average molecular weight is 284 g/mol. The highest BCUT2D eigenvalue weighted by molar-refractivity contribution is 9.10. The van der Waals surface area contributed by atoms with Gasteiger partial charge in [0.05, 0.1) is 12.7 Å². The number of hydrogen-bond donors (Lipinski definition) is 1. The predicted octanol–water partition coefficient (Wildman–Crippen LogP) is 2.76. The summed E-state index contributed by atoms with van der Waals surface area (Å²) >= 11 is 3.32. The summed E-state index contributed by atoms with van der Waals surface area (Å²) in [4.78, 5) is 11.9. The number of rotatable bonds is 4. The molecule has 1 amide bonds. The Morgan fingerprint density at radius 2 is 2.31 bits per heavy atom. The molecule has 86 valence electrons. The molecule has 0 aliphatic rings. The maximum absolute atomic E-state index is 11.9. The summed E-state index contributed by atoms with van der Waals surface area (Å²) in [6.45, 7) is 5.47. The van der Waals surface area contributed by atoms with Gasteiger partial charge in [-0.1, -0.05) is 22.0 Å². The van der Waals surface area contributed by atoms with Gasteiger partial charge in [-0.25, -0.2) is 0 Å². The molecule has 0 aromatic heterocycles. The van der Waals surface area contributed by atoms with Crippen molar-refractivity contribution in [2.45, 2.75) is 13.0 Å². The molecule has 3 nitrogen and oxygen atoms in total. The van der Waals surface area contributed by atoms with Gasteiger partial charge in [-0.15, -0.1) is 6.58 Å². The molecule has 1 aromatic rings. The minimum atomic E-state index is -0.170. The van der Waals surface area contributed by atoms with Crippen LogP contribution in [-0.2, 0) is 0 Å². The normalized spacial score (nSPS) is 11.7. The van der Waals surface area contributed by atoms with E-state index in [0.29, 0.717) is 11.3 Å². The SMILES string of the molecule is C=CC(C)NC(=O)c1ccc(Br)cc1OC. The van der Waals surface area contributed by atoms with E-state index < -0.39 is 0 Å². The zero-order chi connectivity index (χ0) is 12.1. The van der Waals surface area contributed by atoms with Crippen molar-refractivity contribution in [1.82, 2.24) is 5.32 Å². The monoisotopic (exact) mass is 283 g/mol. The lowest BCUT2D eigenvalue weighted by atomic mass is 10.1. The molecule has 0 heterocycles. The molecule has 0 fully saturated rings. The molecule has 0 radical (unpaired) electrons. The lowest BCUT2D eigenvalue weighted by molar-refractivity contribution is 0.0944. The Bertz CT molecular complexity index is 404. The molecule has 0 aliphatic heterocycles. The number of carbonyl (C=O) groups is 1. The van der Waals surface area contributed by atoms with E-state index in [1.165, 1.54) is 7.11 Å². The quantitative estimate of drug-likeness (QED) is 0.863. The van der Waals surface area contributed by atoms with E-state index in [4.69, 9.17) is 4.74 Å². The number of halogens is 1. The summed E-state index contributed by atoms with van der Waals surface area (Å²) in [5.74, 6) is 0.375. The topological polar surface area (TPSA) is 38.3 Å². The zero-order valence-corrected chi connectivity index (χ0v) is 10.9. The fourth-order valence-electron chi connectivity index (χ4n) is 1.20. The molecule has 0 saturated carbocycles. The van der Waals surface area contributed by atoms with Crippen LogP contribution in [0.25, 0.3) is 0 Å². The third-order valence-electron chi connectivity index (χ3n) is 2.12. The van der Waals surface area contributed by atoms with Crippen LogP contribution in [0.1, 0.15) is 17.3 Å². The first kappa shape index (κ1) is 12.8. The molecule has 1 unspecified atom stereocenters. The Kier molecular flexibility index (Phi) is 4.55. The van der Waals surface area contributed by atoms with Gasteiger partial charge >= 0.3 is 0 Å². The van der Waals surface area contributed by atoms with Crippen LogP contribution in [0.15, 0.2) is 35.3 Å². The van der Waals surface area contributed by atoms with Crippen LogP contribution in [0, 0.1) is 0 Å². The van der Waals surface area contributed by atoms with Crippen molar-refractivity contribution < 1.29 is 9.53 Å². The lowest BCUT2D eigenvalue weighted by Crippen LogP contribution is -2.31. The fourth-order valence-corrected chi connectivity index (χ4v) is 1.54. The Balaban J connectivity index is 2.94. The van der Waals surface area contributed by atoms with E-state index in [1.807, 2.05) is 6.92 Å². The minimum absolute atomic E-state index is 0.0687. The van der Waals surface area contributed by atoms with E-state index in [1.54, 1.807) is 24.3 Å². The molecular weight excluding hydrogens is 270 g/mol. The van der Waals surface area contributed by atoms with Crippen LogP contribution in [0.2, 0.25) is 0 Å². The second-order valence-corrected chi connectivity index (χ2v) is 4.26. The molecule has 1 atom stereocenters. The van der Waals surface area contributed by atoms with Gasteiger partial charge in [0.2, 0.25) is 0 Å². The predicted molar refractivity (Wildman–Crippen MR) is 67.8 cm³/mol. The second-order valence-electron chi connectivity index (χ2n) is 3.34. The molecular formula is C12H14BrNO2. The second kappa shape index (κ2) is 5.70. The summed E-state index contributed by atoms with van der Waals surface area (Å²) in [6, 6.07) is 5.21. The molecule has 1 N–H and O–H groups in total. The van der Waals surface area contributed by atoms with Crippen LogP contribution >= 0.6 is 15.9 Å². The number of ether oxygens (including phenoxy) is 1. The third kappa shape index (κ3) is 3.10. The smallest absolute Gasteiger partial charge is 0.255 e. The number of nitrogens with one attached hydrogen (secondary N) is 1. The standard InChI is InChI=1S/C12H14BrNO2/c1-4-8(2)14-12(15)10-6-5-9(13)7-11(10)16-3/h4-8H,1H2,2-3H3,(H,14,15). The first-order chi connectivity index (χ1) is 7.58. The van der Waals surface area contributed by atoms with E-state index >= 15 is 0 Å². The van der Waals surface area contributed by atoms with Crippen molar-refractivity contribution in [3.05, 3.63) is 40.9 Å². The maximum Gasteiger partial charge on any atom is 0.255 e. The van der Waals surface area contributed by atoms with Gasteiger partial charge in [-0.05, 0) is 25.1 Å². The van der Waals surface area contributed by atoms with Gasteiger partial charge in [-0.3, -0.25) is 4.79 Å². The number of benzene rings is 1. The van der Waals surface area contributed by atoms with Crippen LogP contribution < -0.4 is 10.1 Å². The number of hydrogen-bond acceptors (Lipinski definition) is 2. The van der Waals surface area contributed by atoms with Gasteiger partial charge in [0.25, 0.3) is 5.91 Å². The molecule has 4 heteroatoms. The third-order valence-corrected chi connectivity index (χ3v) is 2.61. The van der Waals surface area contributed by atoms with E-state index in [9.17, 15) is 4.79 Å². The van der Waals surface area contributed by atoms with Crippen molar-refractivity contribution in [3.63, 3.8) is 0 Å². The van der Waals surface area contributed by atoms with E-state index in [-0.39, 0.29) is 11.9 Å². The van der Waals surface area contributed by atoms with Crippen LogP contribution in [0.4, 0.5) is 0 Å². The first-order valence-electron chi connectivity index (χ1n) is 4.85. The summed E-state index contributed by atoms with van der Waals surface area (Å²) in [7, 11) is 1.54. The number of amides is 1. The minimum Gasteiger partial charge on any atom is -0.496 e. The highest BCUT2D eigenvalue weighted by Gasteiger charge is 2.13. The first-order valence-corrected chi connectivity index (χ1v) is 5.64. The Morgan fingerprint density at radius 1 is 1.62 bits per heavy atom. The van der Waals surface area contributed by atoms with Gasteiger partial charge in [0, 0.05) is 10.5 Å². The molecule has 0 spiro atoms. The summed E-state index contributed by atoms with van der Waals surface area (Å²) in [6.07, 6.45) is 1.67. The molecule has 0 bridgehead atoms. The van der Waals surface area contributed by atoms with Crippen molar-refractivity contribution in [2.24, 2.45) is 0 Å². The highest BCUT2D eigenvalue weighted by atomic mass is 79.9. The van der Waals surface area contributed by atoms with Crippen LogP contribution in [0.3, 0.4) is 0 Å². The molecule has 0 saturated heterocycles. The lowest BCUT2D eigenvalue weighted by Gasteiger charge is -2.12. The van der Waals surface area contributed by atoms with Crippen molar-refractivity contribution in [1.29, 1.82) is 0 Å². The summed E-state index contributed by atoms with van der Waals surface area (Å²) in [5.41, 5.74) is 0.513. The Morgan fingerprint density at radius 3 is 2.88 bits per heavy atom. The number of methoxy groups -OCH3 is 1. The fraction of sp³-hybridized carbons (Fsp3) is 0.250. The molecule has 0 aliphatic carbocycles. The van der Waals surface area contributed by atoms with Gasteiger partial charge in [-0.2, -0.15) is 0 Å². The largest absolute Gasteiger partial charge is 0.496 e. The summed E-state index contributed by atoms with van der Waals surface area (Å²) < 4.78 is 6.02. The van der Waals surface area contributed by atoms with Gasteiger partial charge < -0.3 is 10.1 Å². The molecule has 1 aromatic carbocycles. The Hall–Kier alpha value is -1.29. The number of carbonyl (C=O) groups excluding carboxylic acids is 1. The Labute approximate surface area is 104 Å². The average Bonchev–Trinajstić information content (AvgIpc) is 2.28. The summed E-state index contributed by atoms with van der Waals surface area (Å²) in [5, 5.41) is 2.79. The zero-order valence-electron chi connectivity index (χ0n) is 9.29. The van der Waals surface area contributed by atoms with E-state index in [0.717, 1.165) is 4.47 Å². The van der Waals surface area contributed by atoms with Crippen LogP contribution in [0.5, 0.6) is 5.75 Å². The van der Waals surface area contributed by atoms with Gasteiger partial charge in [0.15, 0.2) is 0 Å². The van der Waals surface area contributed by atoms with Crippen molar-refractivity contribution in [3.8, 4) is 5.75 Å². The van der Waals surface area contributed by atoms with E-state index in [2.05, 4.69) is 27.8 Å². The van der Waals surface area contributed by atoms with Crippen LogP contribution in [-0.4, -0.2) is 19.1 Å². The molecule has 1 rings (SSSR count).